The molecule has 18 heavy (non-hydrogen) atoms. The molecule has 0 aromatic heterocycles. The second-order valence-corrected chi connectivity index (χ2v) is 5.13. The zero-order chi connectivity index (χ0) is 13.3. The first-order valence-corrected chi connectivity index (χ1v) is 7.04. The van der Waals surface area contributed by atoms with E-state index in [0.717, 1.165) is 24.1 Å². The highest BCUT2D eigenvalue weighted by atomic mass is 79.9. The topological polar surface area (TPSA) is 81.5 Å². The number of hydrogen-bond donors (Lipinski definition) is 2. The molecule has 0 unspecified atom stereocenters. The van der Waals surface area contributed by atoms with E-state index in [1.54, 1.807) is 0 Å². The molecule has 5 nitrogen and oxygen atoms in total. The van der Waals surface area contributed by atoms with Gasteiger partial charge >= 0.3 is 0 Å². The third-order valence-electron chi connectivity index (χ3n) is 3.13. The van der Waals surface area contributed by atoms with Gasteiger partial charge in [0.15, 0.2) is 5.96 Å². The summed E-state index contributed by atoms with van der Waals surface area (Å²) in [6.07, 6.45) is 0. The van der Waals surface area contributed by atoms with Crippen LogP contribution in [0.5, 0.6) is 0 Å². The van der Waals surface area contributed by atoms with Crippen LogP contribution in [0, 0.1) is 0 Å². The maximum absolute atomic E-state index is 11.8. The molecule has 4 N–H and O–H groups in total. The van der Waals surface area contributed by atoms with Gasteiger partial charge in [-0.1, -0.05) is 11.8 Å². The van der Waals surface area contributed by atoms with Crippen LogP contribution in [0.25, 0.3) is 0 Å². The summed E-state index contributed by atoms with van der Waals surface area (Å²) in [5.41, 5.74) is 10.4. The minimum absolute atomic E-state index is 0. The van der Waals surface area contributed by atoms with Gasteiger partial charge in [-0.2, -0.15) is 0 Å². The summed E-state index contributed by atoms with van der Waals surface area (Å²) < 4.78 is 0.855. The zero-order valence-electron chi connectivity index (χ0n) is 11.5. The Morgan fingerprint density at radius 3 is 2.06 bits per heavy atom. The summed E-state index contributed by atoms with van der Waals surface area (Å²) in [4.78, 5) is 15.7. The summed E-state index contributed by atoms with van der Waals surface area (Å²) in [6, 6.07) is 0. The maximum Gasteiger partial charge on any atom is 0.243 e. The van der Waals surface area contributed by atoms with Gasteiger partial charge in [0.2, 0.25) is 5.12 Å². The van der Waals surface area contributed by atoms with E-state index in [9.17, 15) is 4.79 Å². The molecule has 0 heterocycles. The van der Waals surface area contributed by atoms with Crippen molar-refractivity contribution in [1.82, 2.24) is 0 Å². The number of carbonyl (C=O) groups excluding carboxylic acids is 1. The van der Waals surface area contributed by atoms with E-state index >= 15 is 0 Å². The molecule has 0 aromatic carbocycles. The maximum atomic E-state index is 11.8. The largest absolute Gasteiger partial charge is 1.00 e. The summed E-state index contributed by atoms with van der Waals surface area (Å²) in [7, 11) is 0. The highest BCUT2D eigenvalue weighted by Crippen LogP contribution is 2.11. The third-order valence-corrected chi connectivity index (χ3v) is 3.96. The number of nitrogens with two attached hydrogens (primary N) is 2. The molecule has 0 radical (unpaired) electrons. The first-order valence-electron chi connectivity index (χ1n) is 6.05. The fraction of sp³-hybridized carbons (Fsp3) is 0.818. The number of guanidine groups is 1. The number of nitrogens with zero attached hydrogens (tertiary/aromatic N) is 2. The molecule has 7 heteroatoms. The van der Waals surface area contributed by atoms with Crippen LogP contribution in [0.3, 0.4) is 0 Å². The number of thioether (sulfide) groups is 1. The summed E-state index contributed by atoms with van der Waals surface area (Å²) in [5.74, 6) is 0.729. The summed E-state index contributed by atoms with van der Waals surface area (Å²) >= 11 is 1.32. The molecule has 0 atom stereocenters. The van der Waals surface area contributed by atoms with E-state index in [1.165, 1.54) is 11.8 Å². The van der Waals surface area contributed by atoms with E-state index in [4.69, 9.17) is 11.5 Å². The molecular formula is C11H25BrN4OS. The van der Waals surface area contributed by atoms with Crippen LogP contribution in [0.2, 0.25) is 0 Å². The van der Waals surface area contributed by atoms with Gasteiger partial charge in [-0.15, -0.1) is 0 Å². The normalized spacial score (nSPS) is 10.6. The molecule has 0 rings (SSSR count). The standard InChI is InChI=1S/C11H25N4OS.BrH/c1-4-15(5-2,6-3)9-10(16)17-8-7-14-11(12)13;/h4-9H2,1-3H3,(H4,12,13,14);1H/q+1;/p-1. The summed E-state index contributed by atoms with van der Waals surface area (Å²) in [6.45, 7) is 10.5. The van der Waals surface area contributed by atoms with Gasteiger partial charge in [-0.05, 0) is 20.8 Å². The van der Waals surface area contributed by atoms with Crippen molar-refractivity contribution in [2.45, 2.75) is 20.8 Å². The van der Waals surface area contributed by atoms with Gasteiger partial charge in [0.1, 0.15) is 6.54 Å². The number of halogens is 1. The van der Waals surface area contributed by atoms with Crippen molar-refractivity contribution in [1.29, 1.82) is 0 Å². The predicted molar refractivity (Wildman–Crippen MR) is 74.9 cm³/mol. The smallest absolute Gasteiger partial charge is 0.243 e. The van der Waals surface area contributed by atoms with Crippen molar-refractivity contribution in [3.8, 4) is 0 Å². The Bertz CT molecular complexity index is 258. The average molecular weight is 341 g/mol. The first-order chi connectivity index (χ1) is 7.99. The van der Waals surface area contributed by atoms with Crippen molar-refractivity contribution in [2.75, 3.05) is 38.5 Å². The fourth-order valence-electron chi connectivity index (χ4n) is 1.66. The Morgan fingerprint density at radius 2 is 1.67 bits per heavy atom. The Morgan fingerprint density at radius 1 is 1.17 bits per heavy atom. The van der Waals surface area contributed by atoms with Gasteiger partial charge in [-0.25, -0.2) is 0 Å². The van der Waals surface area contributed by atoms with Crippen LogP contribution in [-0.2, 0) is 4.79 Å². The van der Waals surface area contributed by atoms with E-state index in [2.05, 4.69) is 25.8 Å². The molecule has 0 saturated heterocycles. The molecule has 0 aliphatic heterocycles. The lowest BCUT2D eigenvalue weighted by Gasteiger charge is -2.34. The molecule has 0 amide bonds. The van der Waals surface area contributed by atoms with Crippen molar-refractivity contribution in [2.24, 2.45) is 16.5 Å². The molecule has 0 aliphatic rings. The number of quaternary nitrogens is 1. The second-order valence-electron chi connectivity index (χ2n) is 3.98. The monoisotopic (exact) mass is 340 g/mol. The quantitative estimate of drug-likeness (QED) is 0.220. The molecule has 108 valence electrons. The van der Waals surface area contributed by atoms with Crippen LogP contribution in [-0.4, -0.2) is 54.0 Å². The highest BCUT2D eigenvalue weighted by molar-refractivity contribution is 8.13. The Hall–Kier alpha value is -0.270. The van der Waals surface area contributed by atoms with Crippen LogP contribution < -0.4 is 28.4 Å². The number of rotatable bonds is 8. The highest BCUT2D eigenvalue weighted by Gasteiger charge is 2.24. The number of likely N-dealkylation sites (N-methyl/N-ethyl adjacent to an activating group) is 1. The van der Waals surface area contributed by atoms with Crippen molar-refractivity contribution >= 4 is 22.8 Å². The van der Waals surface area contributed by atoms with E-state index in [1.807, 2.05) is 0 Å². The van der Waals surface area contributed by atoms with Crippen LogP contribution in [0.15, 0.2) is 4.99 Å². The van der Waals surface area contributed by atoms with Gasteiger partial charge in [0.25, 0.3) is 0 Å². The molecule has 0 aromatic rings. The fourth-order valence-corrected chi connectivity index (χ4v) is 2.44. The Labute approximate surface area is 125 Å². The van der Waals surface area contributed by atoms with Crippen molar-refractivity contribution in [3.05, 3.63) is 0 Å². The minimum Gasteiger partial charge on any atom is -1.00 e. The Balaban J connectivity index is 0. The molecule has 0 bridgehead atoms. The molecule has 0 spiro atoms. The van der Waals surface area contributed by atoms with E-state index < -0.39 is 0 Å². The molecule has 0 fully saturated rings. The van der Waals surface area contributed by atoms with E-state index in [0.29, 0.717) is 18.8 Å². The van der Waals surface area contributed by atoms with Gasteiger partial charge < -0.3 is 32.9 Å². The van der Waals surface area contributed by atoms with Crippen molar-refractivity contribution in [3.63, 3.8) is 0 Å². The summed E-state index contributed by atoms with van der Waals surface area (Å²) in [5, 5.41) is 0.223. The SMILES string of the molecule is CC[N+](CC)(CC)CC(=O)SCCN=C(N)N.[Br-]. The molecular weight excluding hydrogens is 316 g/mol. The minimum atomic E-state index is 0. The number of hydrogen-bond acceptors (Lipinski definition) is 3. The molecule has 0 aliphatic carbocycles. The van der Waals surface area contributed by atoms with Crippen LogP contribution >= 0.6 is 11.8 Å². The van der Waals surface area contributed by atoms with Gasteiger partial charge in [0.05, 0.1) is 26.2 Å². The van der Waals surface area contributed by atoms with Crippen LogP contribution in [0.4, 0.5) is 0 Å². The van der Waals surface area contributed by atoms with Crippen molar-refractivity contribution < 1.29 is 26.3 Å². The predicted octanol–water partition coefficient (Wildman–Crippen LogP) is -2.60. The van der Waals surface area contributed by atoms with Gasteiger partial charge in [-0.3, -0.25) is 9.79 Å². The second kappa shape index (κ2) is 10.6. The van der Waals surface area contributed by atoms with E-state index in [-0.39, 0.29) is 28.1 Å². The van der Waals surface area contributed by atoms with Gasteiger partial charge in [0, 0.05) is 5.75 Å². The Kier molecular flexibility index (Phi) is 11.8. The lowest BCUT2D eigenvalue weighted by molar-refractivity contribution is -0.915. The van der Waals surface area contributed by atoms with Crippen LogP contribution in [0.1, 0.15) is 20.8 Å². The number of aliphatic imine (C=N–C) groups is 1. The third kappa shape index (κ3) is 7.94. The zero-order valence-corrected chi connectivity index (χ0v) is 13.9. The number of carbonyl (C=O) groups is 1. The lowest BCUT2D eigenvalue weighted by Crippen LogP contribution is -3.00. The molecule has 0 saturated carbocycles. The first kappa shape index (κ1) is 20.1. The lowest BCUT2D eigenvalue weighted by atomic mass is 10.3. The average Bonchev–Trinajstić information content (AvgIpc) is 2.32.